The molecule has 5 heteroatoms. The Hall–Kier alpha value is -3.08. The maximum absolute atomic E-state index is 12.7. The molecule has 0 spiro atoms. The van der Waals surface area contributed by atoms with Crippen molar-refractivity contribution in [3.05, 3.63) is 57.7 Å². The minimum atomic E-state index is -0.376. The molecule has 0 aliphatic carbocycles. The average molecular weight is 365 g/mol. The van der Waals surface area contributed by atoms with Gasteiger partial charge in [-0.3, -0.25) is 9.59 Å². The van der Waals surface area contributed by atoms with Gasteiger partial charge in [0.25, 0.3) is 5.91 Å². The molecule has 1 amide bonds. The van der Waals surface area contributed by atoms with Crippen molar-refractivity contribution >= 4 is 23.6 Å². The highest BCUT2D eigenvalue weighted by Crippen LogP contribution is 2.41. The minimum absolute atomic E-state index is 0.192. The second-order valence-electron chi connectivity index (χ2n) is 6.77. The van der Waals surface area contributed by atoms with Crippen LogP contribution in [-0.4, -0.2) is 18.5 Å². The molecule has 1 aliphatic rings. The molecule has 0 radical (unpaired) electrons. The van der Waals surface area contributed by atoms with E-state index in [1.54, 1.807) is 0 Å². The molecule has 2 aromatic rings. The number of nitrogens with one attached hydrogen (secondary N) is 1. The zero-order chi connectivity index (χ0) is 19.7. The first-order chi connectivity index (χ1) is 12.8. The van der Waals surface area contributed by atoms with Gasteiger partial charge in [-0.2, -0.15) is 0 Å². The number of rotatable bonds is 3. The van der Waals surface area contributed by atoms with E-state index >= 15 is 0 Å². The molecule has 0 aromatic heterocycles. The Kier molecular flexibility index (Phi) is 5.04. The first-order valence-corrected chi connectivity index (χ1v) is 8.82. The number of anilines is 1. The van der Waals surface area contributed by atoms with Crippen molar-refractivity contribution in [3.8, 4) is 11.5 Å². The number of amides is 1. The Bertz CT molecular complexity index is 973. The average Bonchev–Trinajstić information content (AvgIpc) is 2.64. The number of carbonyl (C=O) groups excluding carboxylic acids is 2. The number of para-hydroxylation sites is 1. The quantitative estimate of drug-likeness (QED) is 0.652. The molecular weight excluding hydrogens is 342 g/mol. The van der Waals surface area contributed by atoms with E-state index in [0.717, 1.165) is 39.3 Å². The number of fused-ring (bicyclic) bond motifs is 1. The molecule has 2 aromatic carbocycles. The van der Waals surface area contributed by atoms with E-state index in [0.29, 0.717) is 11.3 Å². The predicted octanol–water partition coefficient (Wildman–Crippen LogP) is 4.26. The van der Waals surface area contributed by atoms with Crippen molar-refractivity contribution in [1.82, 2.24) is 0 Å². The van der Waals surface area contributed by atoms with Crippen molar-refractivity contribution in [2.24, 2.45) is 0 Å². The van der Waals surface area contributed by atoms with Gasteiger partial charge in [-0.1, -0.05) is 18.2 Å². The van der Waals surface area contributed by atoms with Crippen molar-refractivity contribution < 1.29 is 19.1 Å². The first kappa shape index (κ1) is 18.7. The van der Waals surface area contributed by atoms with Crippen LogP contribution in [0.5, 0.6) is 11.5 Å². The van der Waals surface area contributed by atoms with Crippen LogP contribution in [-0.2, 0) is 9.59 Å². The second kappa shape index (κ2) is 7.27. The molecule has 1 N–H and O–H groups in total. The maximum atomic E-state index is 12.7. The van der Waals surface area contributed by atoms with E-state index in [9.17, 15) is 9.59 Å². The van der Waals surface area contributed by atoms with E-state index in [-0.39, 0.29) is 18.5 Å². The van der Waals surface area contributed by atoms with Crippen molar-refractivity contribution in [2.45, 2.75) is 34.6 Å². The molecule has 140 valence electrons. The standard InChI is InChI=1S/C22H23NO4/c1-12-8-6-7-9-19(12)23-22(25)17-10-18-15(4)20(27-16(5)24)13(2)14(3)21(18)26-11-17/h6-10H,11H2,1-5H3,(H,23,25). The summed E-state index contributed by atoms with van der Waals surface area (Å²) in [6.07, 6.45) is 1.82. The Morgan fingerprint density at radius 2 is 1.74 bits per heavy atom. The van der Waals surface area contributed by atoms with Crippen molar-refractivity contribution in [3.63, 3.8) is 0 Å². The zero-order valence-electron chi connectivity index (χ0n) is 16.2. The fourth-order valence-electron chi connectivity index (χ4n) is 3.19. The van der Waals surface area contributed by atoms with Gasteiger partial charge >= 0.3 is 5.97 Å². The Morgan fingerprint density at radius 3 is 2.41 bits per heavy atom. The third kappa shape index (κ3) is 3.58. The maximum Gasteiger partial charge on any atom is 0.308 e. The normalized spacial score (nSPS) is 12.6. The van der Waals surface area contributed by atoms with E-state index < -0.39 is 0 Å². The molecule has 0 fully saturated rings. The fraction of sp³-hybridized carbons (Fsp3) is 0.273. The minimum Gasteiger partial charge on any atom is -0.488 e. The van der Waals surface area contributed by atoms with Crippen LogP contribution in [0.3, 0.4) is 0 Å². The summed E-state index contributed by atoms with van der Waals surface area (Å²) in [5, 5.41) is 2.93. The summed E-state index contributed by atoms with van der Waals surface area (Å²) >= 11 is 0. The van der Waals surface area contributed by atoms with Crippen LogP contribution >= 0.6 is 0 Å². The molecule has 0 unspecified atom stereocenters. The summed E-state index contributed by atoms with van der Waals surface area (Å²) < 4.78 is 11.3. The Balaban J connectivity index is 1.99. The van der Waals surface area contributed by atoms with Gasteiger partial charge in [0, 0.05) is 23.7 Å². The molecule has 1 aliphatic heterocycles. The summed E-state index contributed by atoms with van der Waals surface area (Å²) in [6.45, 7) is 9.20. The molecule has 5 nitrogen and oxygen atoms in total. The highest BCUT2D eigenvalue weighted by atomic mass is 16.5. The number of aryl methyl sites for hydroxylation is 1. The number of esters is 1. The smallest absolute Gasteiger partial charge is 0.308 e. The summed E-state index contributed by atoms with van der Waals surface area (Å²) in [4.78, 5) is 24.2. The van der Waals surface area contributed by atoms with Crippen LogP contribution in [0.15, 0.2) is 29.8 Å². The van der Waals surface area contributed by atoms with Gasteiger partial charge in [-0.05, 0) is 56.5 Å². The summed E-state index contributed by atoms with van der Waals surface area (Å²) in [7, 11) is 0. The van der Waals surface area contributed by atoms with Crippen LogP contribution in [0.2, 0.25) is 0 Å². The zero-order valence-corrected chi connectivity index (χ0v) is 16.2. The number of hydrogen-bond acceptors (Lipinski definition) is 4. The van der Waals surface area contributed by atoms with E-state index in [1.807, 2.05) is 58.0 Å². The number of benzene rings is 2. The number of ether oxygens (including phenoxy) is 2. The molecule has 0 saturated carbocycles. The first-order valence-electron chi connectivity index (χ1n) is 8.82. The van der Waals surface area contributed by atoms with Crippen molar-refractivity contribution in [1.29, 1.82) is 0 Å². The molecule has 0 atom stereocenters. The number of hydrogen-bond donors (Lipinski definition) is 1. The Morgan fingerprint density at radius 1 is 1.04 bits per heavy atom. The molecule has 0 bridgehead atoms. The van der Waals surface area contributed by atoms with Gasteiger partial charge < -0.3 is 14.8 Å². The lowest BCUT2D eigenvalue weighted by molar-refractivity contribution is -0.132. The van der Waals surface area contributed by atoms with E-state index in [1.165, 1.54) is 6.92 Å². The molecule has 0 saturated heterocycles. The lowest BCUT2D eigenvalue weighted by atomic mass is 9.94. The lowest BCUT2D eigenvalue weighted by Crippen LogP contribution is -2.22. The lowest BCUT2D eigenvalue weighted by Gasteiger charge is -2.24. The van der Waals surface area contributed by atoms with Gasteiger partial charge in [0.1, 0.15) is 18.1 Å². The van der Waals surface area contributed by atoms with Gasteiger partial charge in [0.15, 0.2) is 0 Å². The SMILES string of the molecule is CC(=O)Oc1c(C)c(C)c2c(c1C)C=C(C(=O)Nc1ccccc1C)CO2. The Labute approximate surface area is 159 Å². The van der Waals surface area contributed by atoms with Crippen LogP contribution in [0.4, 0.5) is 5.69 Å². The summed E-state index contributed by atoms with van der Waals surface area (Å²) in [5.41, 5.74) is 5.60. The molecule has 27 heavy (non-hydrogen) atoms. The highest BCUT2D eigenvalue weighted by Gasteiger charge is 2.25. The summed E-state index contributed by atoms with van der Waals surface area (Å²) in [6, 6.07) is 7.61. The third-order valence-corrected chi connectivity index (χ3v) is 4.85. The largest absolute Gasteiger partial charge is 0.488 e. The molecular formula is C22H23NO4. The molecule has 1 heterocycles. The van der Waals surface area contributed by atoms with Gasteiger partial charge in [-0.25, -0.2) is 0 Å². The van der Waals surface area contributed by atoms with Gasteiger partial charge in [0.2, 0.25) is 0 Å². The monoisotopic (exact) mass is 365 g/mol. The molecule has 3 rings (SSSR count). The van der Waals surface area contributed by atoms with Gasteiger partial charge in [-0.15, -0.1) is 0 Å². The summed E-state index contributed by atoms with van der Waals surface area (Å²) in [5.74, 6) is 0.674. The van der Waals surface area contributed by atoms with Crippen LogP contribution in [0.1, 0.15) is 34.7 Å². The predicted molar refractivity (Wildman–Crippen MR) is 105 cm³/mol. The van der Waals surface area contributed by atoms with Gasteiger partial charge in [0.05, 0.1) is 5.57 Å². The van der Waals surface area contributed by atoms with E-state index in [2.05, 4.69) is 5.32 Å². The van der Waals surface area contributed by atoms with Crippen LogP contribution in [0, 0.1) is 27.7 Å². The van der Waals surface area contributed by atoms with Crippen LogP contribution < -0.4 is 14.8 Å². The van der Waals surface area contributed by atoms with Crippen LogP contribution in [0.25, 0.3) is 6.08 Å². The highest BCUT2D eigenvalue weighted by molar-refractivity contribution is 6.08. The third-order valence-electron chi connectivity index (χ3n) is 4.85. The topological polar surface area (TPSA) is 64.6 Å². The second-order valence-corrected chi connectivity index (χ2v) is 6.77. The van der Waals surface area contributed by atoms with E-state index in [4.69, 9.17) is 9.47 Å². The number of carbonyl (C=O) groups is 2. The fourth-order valence-corrected chi connectivity index (χ4v) is 3.19. The van der Waals surface area contributed by atoms with Crippen molar-refractivity contribution in [2.75, 3.05) is 11.9 Å².